The van der Waals surface area contributed by atoms with Gasteiger partial charge in [0, 0.05) is 16.9 Å². The van der Waals surface area contributed by atoms with E-state index in [0.29, 0.717) is 5.69 Å². The number of para-hydroxylation sites is 1. The summed E-state index contributed by atoms with van der Waals surface area (Å²) in [6.07, 6.45) is 0. The number of sulfonamides is 1. The topological polar surface area (TPSA) is 75.3 Å². The van der Waals surface area contributed by atoms with Gasteiger partial charge in [-0.25, -0.2) is 12.8 Å². The van der Waals surface area contributed by atoms with Gasteiger partial charge < -0.3 is 5.32 Å². The van der Waals surface area contributed by atoms with Crippen molar-refractivity contribution in [2.75, 3.05) is 10.0 Å². The molecule has 1 amide bonds. The SMILES string of the molecule is O=C(Nc1ccccc1)c1ccc(Cl)c(S(=O)(=O)Nc2ccc(F)cc2)c1. The summed E-state index contributed by atoms with van der Waals surface area (Å²) in [6, 6.07) is 17.5. The van der Waals surface area contributed by atoms with Gasteiger partial charge in [-0.15, -0.1) is 0 Å². The van der Waals surface area contributed by atoms with Crippen molar-refractivity contribution in [1.29, 1.82) is 0 Å². The molecule has 3 aromatic rings. The molecule has 2 N–H and O–H groups in total. The second-order valence-electron chi connectivity index (χ2n) is 5.58. The van der Waals surface area contributed by atoms with Crippen molar-refractivity contribution < 1.29 is 17.6 Å². The third-order valence-electron chi connectivity index (χ3n) is 3.61. The fourth-order valence-corrected chi connectivity index (χ4v) is 3.89. The summed E-state index contributed by atoms with van der Waals surface area (Å²) < 4.78 is 40.5. The van der Waals surface area contributed by atoms with Crippen molar-refractivity contribution in [3.05, 3.63) is 89.2 Å². The Hall–Kier alpha value is -2.90. The molecule has 27 heavy (non-hydrogen) atoms. The van der Waals surface area contributed by atoms with Crippen molar-refractivity contribution in [3.8, 4) is 0 Å². The Kier molecular flexibility index (Phi) is 5.43. The lowest BCUT2D eigenvalue weighted by molar-refractivity contribution is 0.102. The third-order valence-corrected chi connectivity index (χ3v) is 5.47. The van der Waals surface area contributed by atoms with E-state index in [4.69, 9.17) is 11.6 Å². The number of carbonyl (C=O) groups excluding carboxylic acids is 1. The minimum Gasteiger partial charge on any atom is -0.322 e. The van der Waals surface area contributed by atoms with Gasteiger partial charge in [0.1, 0.15) is 10.7 Å². The molecule has 138 valence electrons. The number of nitrogens with one attached hydrogen (secondary N) is 2. The number of carbonyl (C=O) groups is 1. The summed E-state index contributed by atoms with van der Waals surface area (Å²) >= 11 is 6.03. The zero-order chi connectivity index (χ0) is 19.4. The number of rotatable bonds is 5. The van der Waals surface area contributed by atoms with Crippen molar-refractivity contribution in [2.45, 2.75) is 4.90 Å². The average Bonchev–Trinajstić information content (AvgIpc) is 2.64. The van der Waals surface area contributed by atoms with E-state index in [-0.39, 0.29) is 21.2 Å². The Morgan fingerprint density at radius 3 is 2.22 bits per heavy atom. The molecule has 0 aliphatic rings. The molecule has 3 aromatic carbocycles. The van der Waals surface area contributed by atoms with Gasteiger partial charge in [-0.1, -0.05) is 29.8 Å². The molecule has 5 nitrogen and oxygen atoms in total. The first-order chi connectivity index (χ1) is 12.8. The molecule has 0 aliphatic carbocycles. The number of anilines is 2. The first kappa shape index (κ1) is 18.9. The molecule has 0 heterocycles. The Bertz CT molecular complexity index is 1070. The van der Waals surface area contributed by atoms with Crippen LogP contribution in [0.5, 0.6) is 0 Å². The summed E-state index contributed by atoms with van der Waals surface area (Å²) in [5.74, 6) is -0.966. The lowest BCUT2D eigenvalue weighted by atomic mass is 10.2. The number of hydrogen-bond donors (Lipinski definition) is 2. The van der Waals surface area contributed by atoms with E-state index >= 15 is 0 Å². The van der Waals surface area contributed by atoms with E-state index in [1.165, 1.54) is 30.3 Å². The Morgan fingerprint density at radius 1 is 0.889 bits per heavy atom. The molecule has 0 radical (unpaired) electrons. The number of benzene rings is 3. The van der Waals surface area contributed by atoms with Crippen molar-refractivity contribution in [3.63, 3.8) is 0 Å². The molecular formula is C19H14ClFN2O3S. The number of hydrogen-bond acceptors (Lipinski definition) is 3. The quantitative estimate of drug-likeness (QED) is 0.655. The monoisotopic (exact) mass is 404 g/mol. The standard InChI is InChI=1S/C19H14ClFN2O3S/c20-17-11-6-13(19(24)22-15-4-2-1-3-5-15)12-18(17)27(25,26)23-16-9-7-14(21)8-10-16/h1-12,23H,(H,22,24). The van der Waals surface area contributed by atoms with Gasteiger partial charge in [-0.3, -0.25) is 9.52 Å². The van der Waals surface area contributed by atoms with Crippen LogP contribution in [-0.2, 0) is 10.0 Å². The maximum absolute atomic E-state index is 13.0. The van der Waals surface area contributed by atoms with Crippen LogP contribution >= 0.6 is 11.6 Å². The van der Waals surface area contributed by atoms with Crippen LogP contribution in [0.4, 0.5) is 15.8 Å². The average molecular weight is 405 g/mol. The molecule has 0 aliphatic heterocycles. The molecule has 8 heteroatoms. The van der Waals surface area contributed by atoms with Crippen LogP contribution in [-0.4, -0.2) is 14.3 Å². The third kappa shape index (κ3) is 4.64. The highest BCUT2D eigenvalue weighted by atomic mass is 35.5. The molecule has 0 unspecified atom stereocenters. The normalized spacial score (nSPS) is 11.0. The minimum absolute atomic E-state index is 0.0409. The maximum atomic E-state index is 13.0. The zero-order valence-corrected chi connectivity index (χ0v) is 15.4. The predicted molar refractivity (Wildman–Crippen MR) is 103 cm³/mol. The molecule has 0 bridgehead atoms. The van der Waals surface area contributed by atoms with Crippen LogP contribution in [0.25, 0.3) is 0 Å². The molecule has 0 saturated carbocycles. The van der Waals surface area contributed by atoms with E-state index < -0.39 is 21.7 Å². The van der Waals surface area contributed by atoms with Crippen molar-refractivity contribution in [1.82, 2.24) is 0 Å². The molecule has 0 atom stereocenters. The summed E-state index contributed by atoms with van der Waals surface area (Å²) in [6.45, 7) is 0. The van der Waals surface area contributed by atoms with E-state index in [9.17, 15) is 17.6 Å². The summed E-state index contributed by atoms with van der Waals surface area (Å²) in [5.41, 5.74) is 0.876. The zero-order valence-electron chi connectivity index (χ0n) is 13.8. The smallest absolute Gasteiger partial charge is 0.263 e. The largest absolute Gasteiger partial charge is 0.322 e. The fraction of sp³-hybridized carbons (Fsp3) is 0. The summed E-state index contributed by atoms with van der Waals surface area (Å²) in [4.78, 5) is 12.1. The molecule has 0 saturated heterocycles. The lowest BCUT2D eigenvalue weighted by Crippen LogP contribution is -2.16. The minimum atomic E-state index is -4.07. The Morgan fingerprint density at radius 2 is 1.56 bits per heavy atom. The van der Waals surface area contributed by atoms with E-state index in [1.807, 2.05) is 6.07 Å². The van der Waals surface area contributed by atoms with Crippen LogP contribution < -0.4 is 10.0 Å². The van der Waals surface area contributed by atoms with Crippen LogP contribution in [0.1, 0.15) is 10.4 Å². The second-order valence-corrected chi connectivity index (χ2v) is 7.64. The fourth-order valence-electron chi connectivity index (χ4n) is 2.30. The van der Waals surface area contributed by atoms with Gasteiger partial charge in [0.05, 0.1) is 5.02 Å². The van der Waals surface area contributed by atoms with Crippen molar-refractivity contribution in [2.24, 2.45) is 0 Å². The number of halogens is 2. The van der Waals surface area contributed by atoms with Gasteiger partial charge in [-0.05, 0) is 54.6 Å². The Balaban J connectivity index is 1.88. The van der Waals surface area contributed by atoms with Crippen LogP contribution in [0.3, 0.4) is 0 Å². The first-order valence-electron chi connectivity index (χ1n) is 7.79. The van der Waals surface area contributed by atoms with E-state index in [1.54, 1.807) is 24.3 Å². The van der Waals surface area contributed by atoms with Crippen LogP contribution in [0.2, 0.25) is 5.02 Å². The molecule has 0 spiro atoms. The predicted octanol–water partition coefficient (Wildman–Crippen LogP) is 4.53. The molecule has 0 fully saturated rings. The summed E-state index contributed by atoms with van der Waals surface area (Å²) in [7, 11) is -4.07. The maximum Gasteiger partial charge on any atom is 0.263 e. The van der Waals surface area contributed by atoms with Crippen molar-refractivity contribution >= 4 is 38.9 Å². The molecular weight excluding hydrogens is 391 g/mol. The lowest BCUT2D eigenvalue weighted by Gasteiger charge is -2.11. The molecule has 3 rings (SSSR count). The van der Waals surface area contributed by atoms with Crippen LogP contribution in [0.15, 0.2) is 77.7 Å². The molecule has 0 aromatic heterocycles. The summed E-state index contributed by atoms with van der Waals surface area (Å²) in [5, 5.41) is 2.63. The van der Waals surface area contributed by atoms with Gasteiger partial charge in [0.2, 0.25) is 0 Å². The number of amides is 1. The highest BCUT2D eigenvalue weighted by Crippen LogP contribution is 2.25. The van der Waals surface area contributed by atoms with Gasteiger partial charge in [0.15, 0.2) is 0 Å². The second kappa shape index (κ2) is 7.77. The highest BCUT2D eigenvalue weighted by molar-refractivity contribution is 7.92. The van der Waals surface area contributed by atoms with Gasteiger partial charge in [-0.2, -0.15) is 0 Å². The van der Waals surface area contributed by atoms with Gasteiger partial charge in [0.25, 0.3) is 15.9 Å². The first-order valence-corrected chi connectivity index (χ1v) is 9.65. The van der Waals surface area contributed by atoms with E-state index in [2.05, 4.69) is 10.0 Å². The van der Waals surface area contributed by atoms with Gasteiger partial charge >= 0.3 is 0 Å². The van der Waals surface area contributed by atoms with E-state index in [0.717, 1.165) is 12.1 Å². The highest BCUT2D eigenvalue weighted by Gasteiger charge is 2.20. The van der Waals surface area contributed by atoms with Crippen LogP contribution in [0, 0.1) is 5.82 Å². The Labute approximate surface area is 160 Å².